The van der Waals surface area contributed by atoms with Gasteiger partial charge in [-0.05, 0) is 49.6 Å². The van der Waals surface area contributed by atoms with Crippen molar-refractivity contribution in [2.75, 3.05) is 18.0 Å². The van der Waals surface area contributed by atoms with E-state index in [0.29, 0.717) is 31.7 Å². The zero-order valence-corrected chi connectivity index (χ0v) is 16.4. The third-order valence-corrected chi connectivity index (χ3v) is 5.23. The molecule has 1 aromatic heterocycles. The Hall–Kier alpha value is -3.37. The fraction of sp³-hybridized carbons (Fsp3) is 0.318. The molecule has 1 N–H and O–H groups in total. The van der Waals surface area contributed by atoms with Gasteiger partial charge in [-0.25, -0.2) is 4.98 Å². The average molecular weight is 390 g/mol. The summed E-state index contributed by atoms with van der Waals surface area (Å²) in [6.07, 6.45) is 3.43. The Morgan fingerprint density at radius 2 is 2.00 bits per heavy atom. The molecule has 0 unspecified atom stereocenters. The Kier molecular flexibility index (Phi) is 4.95. The summed E-state index contributed by atoms with van der Waals surface area (Å²) in [5, 5.41) is 11.4. The summed E-state index contributed by atoms with van der Waals surface area (Å²) < 4.78 is 0. The molecule has 0 amide bonds. The lowest BCUT2D eigenvalue weighted by Gasteiger charge is -2.36. The third kappa shape index (κ3) is 4.08. The molecule has 3 heterocycles. The highest BCUT2D eigenvalue weighted by Gasteiger charge is 2.39. The lowest BCUT2D eigenvalue weighted by atomic mass is 9.91. The van der Waals surface area contributed by atoms with Gasteiger partial charge in [-0.1, -0.05) is 18.1 Å². The van der Waals surface area contributed by atoms with E-state index in [1.165, 1.54) is 11.6 Å². The van der Waals surface area contributed by atoms with E-state index in [2.05, 4.69) is 22.3 Å². The highest BCUT2D eigenvalue weighted by atomic mass is 16.7. The molecule has 1 saturated heterocycles. The SMILES string of the molecule is Cc1cccc(C#CC2=CC3(CCN(c4nc(C)ccc4[N+](=O)[O-])CC3)ON2)c1. The van der Waals surface area contributed by atoms with E-state index in [0.717, 1.165) is 17.0 Å². The summed E-state index contributed by atoms with van der Waals surface area (Å²) in [5.74, 6) is 6.71. The van der Waals surface area contributed by atoms with Crippen molar-refractivity contribution in [3.05, 3.63) is 75.1 Å². The van der Waals surface area contributed by atoms with E-state index in [1.54, 1.807) is 6.07 Å². The molecule has 7 nitrogen and oxygen atoms in total. The molecule has 0 radical (unpaired) electrons. The van der Waals surface area contributed by atoms with Crippen molar-refractivity contribution in [2.24, 2.45) is 0 Å². The molecule has 1 fully saturated rings. The van der Waals surface area contributed by atoms with Crippen LogP contribution >= 0.6 is 0 Å². The first-order chi connectivity index (χ1) is 13.9. The molecule has 0 aliphatic carbocycles. The molecular weight excluding hydrogens is 368 g/mol. The predicted molar refractivity (Wildman–Crippen MR) is 110 cm³/mol. The molecule has 2 aliphatic rings. The highest BCUT2D eigenvalue weighted by molar-refractivity contribution is 5.58. The van der Waals surface area contributed by atoms with Gasteiger partial charge in [0.1, 0.15) is 11.3 Å². The van der Waals surface area contributed by atoms with Gasteiger partial charge in [0.2, 0.25) is 5.82 Å². The summed E-state index contributed by atoms with van der Waals surface area (Å²) in [6.45, 7) is 5.12. The Morgan fingerprint density at radius 3 is 2.72 bits per heavy atom. The minimum absolute atomic E-state index is 0.0391. The van der Waals surface area contributed by atoms with Gasteiger partial charge in [0.05, 0.1) is 4.92 Å². The maximum absolute atomic E-state index is 11.4. The van der Waals surface area contributed by atoms with Gasteiger partial charge in [-0.2, -0.15) is 0 Å². The van der Waals surface area contributed by atoms with Crippen molar-refractivity contribution >= 4 is 11.5 Å². The number of benzene rings is 1. The van der Waals surface area contributed by atoms with E-state index >= 15 is 0 Å². The lowest BCUT2D eigenvalue weighted by molar-refractivity contribution is -0.384. The number of piperidine rings is 1. The molecular formula is C22H22N4O3. The second-order valence-corrected chi connectivity index (χ2v) is 7.49. The number of rotatable bonds is 2. The van der Waals surface area contributed by atoms with Gasteiger partial charge in [0.15, 0.2) is 0 Å². The van der Waals surface area contributed by atoms with Crippen LogP contribution in [-0.2, 0) is 4.84 Å². The largest absolute Gasteiger partial charge is 0.351 e. The monoisotopic (exact) mass is 390 g/mol. The number of nitrogens with zero attached hydrogens (tertiary/aromatic N) is 3. The number of allylic oxidation sites excluding steroid dienone is 1. The summed E-state index contributed by atoms with van der Waals surface area (Å²) in [5.41, 5.74) is 6.18. The first kappa shape index (κ1) is 19.0. The predicted octanol–water partition coefficient (Wildman–Crippen LogP) is 3.42. The standard InChI is InChI=1S/C22H22N4O3/c1-16-4-3-5-18(14-16)7-8-19-15-22(29-24-19)10-12-25(13-11-22)21-20(26(27)28)9-6-17(2)23-21/h3-6,9,14-15,24H,10-13H2,1-2H3. The van der Waals surface area contributed by atoms with Crippen LogP contribution in [-0.4, -0.2) is 28.6 Å². The molecule has 4 rings (SSSR count). The number of nitro groups is 1. The van der Waals surface area contributed by atoms with E-state index in [4.69, 9.17) is 4.84 Å². The zero-order chi connectivity index (χ0) is 20.4. The van der Waals surface area contributed by atoms with E-state index in [9.17, 15) is 10.1 Å². The van der Waals surface area contributed by atoms with Crippen LogP contribution in [0.2, 0.25) is 0 Å². The fourth-order valence-corrected chi connectivity index (χ4v) is 3.66. The van der Waals surface area contributed by atoms with Crippen molar-refractivity contribution < 1.29 is 9.76 Å². The Morgan fingerprint density at radius 1 is 1.21 bits per heavy atom. The maximum Gasteiger partial charge on any atom is 0.311 e. The van der Waals surface area contributed by atoms with E-state index < -0.39 is 5.60 Å². The van der Waals surface area contributed by atoms with Crippen molar-refractivity contribution in [2.45, 2.75) is 32.3 Å². The van der Waals surface area contributed by atoms with Gasteiger partial charge in [0.25, 0.3) is 0 Å². The van der Waals surface area contributed by atoms with Crippen molar-refractivity contribution in [1.82, 2.24) is 10.5 Å². The summed E-state index contributed by atoms with van der Waals surface area (Å²) >= 11 is 0. The highest BCUT2D eigenvalue weighted by Crippen LogP contribution is 2.35. The topological polar surface area (TPSA) is 80.5 Å². The average Bonchev–Trinajstić information content (AvgIpc) is 3.09. The summed E-state index contributed by atoms with van der Waals surface area (Å²) in [6, 6.07) is 11.2. The van der Waals surface area contributed by atoms with Gasteiger partial charge in [-0.15, -0.1) is 0 Å². The van der Waals surface area contributed by atoms with Crippen LogP contribution in [0.25, 0.3) is 0 Å². The quantitative estimate of drug-likeness (QED) is 0.481. The minimum Gasteiger partial charge on any atom is -0.351 e. The maximum atomic E-state index is 11.4. The zero-order valence-electron chi connectivity index (χ0n) is 16.4. The minimum atomic E-state index is -0.439. The van der Waals surface area contributed by atoms with Crippen LogP contribution in [0.5, 0.6) is 0 Å². The molecule has 0 bridgehead atoms. The Bertz CT molecular complexity index is 1040. The Balaban J connectivity index is 1.48. The van der Waals surface area contributed by atoms with Gasteiger partial charge < -0.3 is 4.90 Å². The number of aromatic nitrogens is 1. The van der Waals surface area contributed by atoms with E-state index in [1.807, 2.05) is 49.1 Å². The van der Waals surface area contributed by atoms with Crippen molar-refractivity contribution in [3.63, 3.8) is 0 Å². The number of hydroxylamine groups is 1. The number of anilines is 1. The second-order valence-electron chi connectivity index (χ2n) is 7.49. The molecule has 1 spiro atoms. The van der Waals surface area contributed by atoms with Crippen molar-refractivity contribution in [1.29, 1.82) is 0 Å². The molecule has 0 atom stereocenters. The third-order valence-electron chi connectivity index (χ3n) is 5.23. The normalized spacial score (nSPS) is 17.3. The van der Waals surface area contributed by atoms with Gasteiger partial charge in [-0.3, -0.25) is 20.4 Å². The molecule has 2 aliphatic heterocycles. The van der Waals surface area contributed by atoms with E-state index in [-0.39, 0.29) is 10.6 Å². The molecule has 0 saturated carbocycles. The molecule has 2 aromatic rings. The number of hydrogen-bond acceptors (Lipinski definition) is 6. The second kappa shape index (κ2) is 7.57. The van der Waals surface area contributed by atoms with Crippen LogP contribution in [0, 0.1) is 35.8 Å². The molecule has 29 heavy (non-hydrogen) atoms. The van der Waals surface area contributed by atoms with Crippen molar-refractivity contribution in [3.8, 4) is 11.8 Å². The summed E-state index contributed by atoms with van der Waals surface area (Å²) in [7, 11) is 0. The van der Waals surface area contributed by atoms with Crippen LogP contribution in [0.4, 0.5) is 11.5 Å². The van der Waals surface area contributed by atoms with Crippen LogP contribution in [0.1, 0.15) is 29.7 Å². The number of aryl methyl sites for hydroxylation is 2. The first-order valence-electron chi connectivity index (χ1n) is 9.57. The van der Waals surface area contributed by atoms with Gasteiger partial charge in [0, 0.05) is 43.3 Å². The summed E-state index contributed by atoms with van der Waals surface area (Å²) in [4.78, 5) is 23.2. The molecule has 1 aromatic carbocycles. The van der Waals surface area contributed by atoms with Crippen LogP contribution in [0.3, 0.4) is 0 Å². The number of nitrogens with one attached hydrogen (secondary N) is 1. The number of pyridine rings is 1. The van der Waals surface area contributed by atoms with Crippen LogP contribution < -0.4 is 10.4 Å². The number of hydrogen-bond donors (Lipinski definition) is 1. The first-order valence-corrected chi connectivity index (χ1v) is 9.57. The molecule has 7 heteroatoms. The Labute approximate surface area is 169 Å². The lowest BCUT2D eigenvalue weighted by Crippen LogP contribution is -2.45. The molecule has 148 valence electrons. The van der Waals surface area contributed by atoms with Gasteiger partial charge >= 0.3 is 5.69 Å². The fourth-order valence-electron chi connectivity index (χ4n) is 3.66. The van der Waals surface area contributed by atoms with Crippen LogP contribution in [0.15, 0.2) is 48.2 Å². The smallest absolute Gasteiger partial charge is 0.311 e.